The Morgan fingerprint density at radius 1 is 1.06 bits per heavy atom. The Balaban J connectivity index is 1.85. The maximum atomic E-state index is 5.60. The highest BCUT2D eigenvalue weighted by Crippen LogP contribution is 2.09. The molecule has 1 rings (SSSR count). The van der Waals surface area contributed by atoms with Gasteiger partial charge in [0.1, 0.15) is 5.75 Å². The van der Waals surface area contributed by atoms with Gasteiger partial charge in [0, 0.05) is 13.2 Å². The molecule has 0 amide bonds. The van der Waals surface area contributed by atoms with Crippen molar-refractivity contribution in [3.63, 3.8) is 0 Å². The van der Waals surface area contributed by atoms with Gasteiger partial charge in [-0.25, -0.2) is 0 Å². The van der Waals surface area contributed by atoms with E-state index >= 15 is 0 Å². The van der Waals surface area contributed by atoms with Crippen LogP contribution in [0.25, 0.3) is 0 Å². The third-order valence-corrected chi connectivity index (χ3v) is 2.58. The Labute approximate surface area is 105 Å². The van der Waals surface area contributed by atoms with E-state index in [9.17, 15) is 0 Å². The fraction of sp³-hybridized carbons (Fsp3) is 0.600. The Morgan fingerprint density at radius 2 is 1.82 bits per heavy atom. The molecule has 0 bridgehead atoms. The van der Waals surface area contributed by atoms with E-state index in [1.165, 1.54) is 25.7 Å². The summed E-state index contributed by atoms with van der Waals surface area (Å²) in [6.45, 7) is 4.59. The smallest absolute Gasteiger partial charge is 0.119 e. The van der Waals surface area contributed by atoms with Gasteiger partial charge in [-0.15, -0.1) is 0 Å². The first-order chi connectivity index (χ1) is 8.43. The molecule has 0 unspecified atom stereocenters. The second-order valence-electron chi connectivity index (χ2n) is 4.05. The molecule has 0 spiro atoms. The van der Waals surface area contributed by atoms with Gasteiger partial charge >= 0.3 is 0 Å². The van der Waals surface area contributed by atoms with Gasteiger partial charge in [0.05, 0.1) is 6.61 Å². The second kappa shape index (κ2) is 10.2. The molecule has 0 atom stereocenters. The third-order valence-electron chi connectivity index (χ3n) is 2.58. The Hall–Kier alpha value is -1.02. The predicted octanol–water partition coefficient (Wildman–Crippen LogP) is 3.85. The highest BCUT2D eigenvalue weighted by atomic mass is 16.5. The van der Waals surface area contributed by atoms with Gasteiger partial charge < -0.3 is 9.47 Å². The SMILES string of the molecule is CCOCCCCCCCOc1c[c]ccc1. The largest absolute Gasteiger partial charge is 0.494 e. The molecular weight excluding hydrogens is 212 g/mol. The Bertz CT molecular complexity index is 259. The van der Waals surface area contributed by atoms with Crippen molar-refractivity contribution in [2.24, 2.45) is 0 Å². The maximum absolute atomic E-state index is 5.60. The summed E-state index contributed by atoms with van der Waals surface area (Å²) in [6.07, 6.45) is 6.09. The second-order valence-corrected chi connectivity index (χ2v) is 4.05. The fourth-order valence-corrected chi connectivity index (χ4v) is 1.64. The lowest BCUT2D eigenvalue weighted by atomic mass is 10.1. The van der Waals surface area contributed by atoms with Crippen LogP contribution in [0.2, 0.25) is 0 Å². The summed E-state index contributed by atoms with van der Waals surface area (Å²) in [7, 11) is 0. The van der Waals surface area contributed by atoms with E-state index in [0.717, 1.165) is 32.0 Å². The normalized spacial score (nSPS) is 10.4. The van der Waals surface area contributed by atoms with Crippen LogP contribution in [-0.2, 0) is 4.74 Å². The first-order valence-corrected chi connectivity index (χ1v) is 6.60. The number of hydrogen-bond donors (Lipinski definition) is 0. The lowest BCUT2D eigenvalue weighted by Gasteiger charge is -2.05. The minimum Gasteiger partial charge on any atom is -0.494 e. The summed E-state index contributed by atoms with van der Waals surface area (Å²) < 4.78 is 10.9. The molecule has 0 aliphatic heterocycles. The molecule has 0 fully saturated rings. The summed E-state index contributed by atoms with van der Waals surface area (Å²) in [5.41, 5.74) is 0. The molecule has 17 heavy (non-hydrogen) atoms. The third kappa shape index (κ3) is 7.81. The van der Waals surface area contributed by atoms with Gasteiger partial charge in [-0.1, -0.05) is 31.4 Å². The Kier molecular flexibility index (Phi) is 8.39. The lowest BCUT2D eigenvalue weighted by Crippen LogP contribution is -1.97. The molecule has 0 aromatic heterocycles. The van der Waals surface area contributed by atoms with E-state index in [0.29, 0.717) is 0 Å². The van der Waals surface area contributed by atoms with Crippen molar-refractivity contribution in [1.82, 2.24) is 0 Å². The molecule has 0 aliphatic rings. The zero-order valence-corrected chi connectivity index (χ0v) is 10.8. The van der Waals surface area contributed by atoms with Crippen LogP contribution in [0.5, 0.6) is 5.75 Å². The summed E-state index contributed by atoms with van der Waals surface area (Å²) >= 11 is 0. The maximum Gasteiger partial charge on any atom is 0.119 e. The van der Waals surface area contributed by atoms with Crippen LogP contribution >= 0.6 is 0 Å². The van der Waals surface area contributed by atoms with Crippen molar-refractivity contribution in [3.05, 3.63) is 30.3 Å². The van der Waals surface area contributed by atoms with Crippen molar-refractivity contribution in [3.8, 4) is 5.75 Å². The average molecular weight is 235 g/mol. The van der Waals surface area contributed by atoms with Gasteiger partial charge in [-0.05, 0) is 38.0 Å². The van der Waals surface area contributed by atoms with E-state index in [4.69, 9.17) is 9.47 Å². The summed E-state index contributed by atoms with van der Waals surface area (Å²) in [6, 6.07) is 10.7. The topological polar surface area (TPSA) is 18.5 Å². The molecule has 1 radical (unpaired) electrons. The molecule has 0 saturated carbocycles. The predicted molar refractivity (Wildman–Crippen MR) is 70.4 cm³/mol. The standard InChI is InChI=1S/C15H23O2/c1-2-16-13-9-4-3-5-10-14-17-15-11-7-6-8-12-15/h6-7,11-12H,2-5,9-10,13-14H2,1H3. The number of rotatable bonds is 10. The number of ether oxygens (including phenoxy) is 2. The first-order valence-electron chi connectivity index (χ1n) is 6.60. The van der Waals surface area contributed by atoms with Gasteiger partial charge in [-0.2, -0.15) is 0 Å². The molecule has 0 aliphatic carbocycles. The molecule has 1 aromatic carbocycles. The molecule has 1 aromatic rings. The summed E-state index contributed by atoms with van der Waals surface area (Å²) in [5, 5.41) is 0. The first kappa shape index (κ1) is 14.0. The summed E-state index contributed by atoms with van der Waals surface area (Å²) in [5.74, 6) is 0.920. The number of hydrogen-bond acceptors (Lipinski definition) is 2. The van der Waals surface area contributed by atoms with Crippen molar-refractivity contribution in [2.75, 3.05) is 19.8 Å². The van der Waals surface area contributed by atoms with Crippen molar-refractivity contribution in [2.45, 2.75) is 39.0 Å². The fourth-order valence-electron chi connectivity index (χ4n) is 1.64. The van der Waals surface area contributed by atoms with Crippen molar-refractivity contribution >= 4 is 0 Å². The van der Waals surface area contributed by atoms with Crippen molar-refractivity contribution in [1.29, 1.82) is 0 Å². The minimum atomic E-state index is 0.809. The number of unbranched alkanes of at least 4 members (excludes halogenated alkanes) is 4. The van der Waals surface area contributed by atoms with Crippen LogP contribution in [-0.4, -0.2) is 19.8 Å². The molecule has 95 valence electrons. The molecule has 2 heteroatoms. The molecular formula is C15H23O2. The zero-order chi connectivity index (χ0) is 12.2. The number of benzene rings is 1. The highest BCUT2D eigenvalue weighted by Gasteiger charge is 1.93. The van der Waals surface area contributed by atoms with Crippen LogP contribution in [0.1, 0.15) is 39.0 Å². The molecule has 0 heterocycles. The lowest BCUT2D eigenvalue weighted by molar-refractivity contribution is 0.142. The van der Waals surface area contributed by atoms with Gasteiger partial charge in [0.2, 0.25) is 0 Å². The van der Waals surface area contributed by atoms with Gasteiger partial charge in [0.15, 0.2) is 0 Å². The molecule has 2 nitrogen and oxygen atoms in total. The van der Waals surface area contributed by atoms with Crippen LogP contribution < -0.4 is 4.74 Å². The highest BCUT2D eigenvalue weighted by molar-refractivity contribution is 5.19. The van der Waals surface area contributed by atoms with E-state index in [2.05, 4.69) is 6.07 Å². The Morgan fingerprint density at radius 3 is 2.53 bits per heavy atom. The van der Waals surface area contributed by atoms with Crippen LogP contribution in [0.4, 0.5) is 0 Å². The molecule has 0 N–H and O–H groups in total. The van der Waals surface area contributed by atoms with Crippen LogP contribution in [0.15, 0.2) is 24.3 Å². The van der Waals surface area contributed by atoms with Gasteiger partial charge in [-0.3, -0.25) is 0 Å². The van der Waals surface area contributed by atoms with E-state index in [1.807, 2.05) is 31.2 Å². The monoisotopic (exact) mass is 235 g/mol. The minimum absolute atomic E-state index is 0.809. The van der Waals surface area contributed by atoms with E-state index in [1.54, 1.807) is 0 Å². The summed E-state index contributed by atoms with van der Waals surface area (Å²) in [4.78, 5) is 0. The van der Waals surface area contributed by atoms with Gasteiger partial charge in [0.25, 0.3) is 0 Å². The van der Waals surface area contributed by atoms with E-state index in [-0.39, 0.29) is 0 Å². The van der Waals surface area contributed by atoms with Crippen molar-refractivity contribution < 1.29 is 9.47 Å². The zero-order valence-electron chi connectivity index (χ0n) is 10.8. The van der Waals surface area contributed by atoms with E-state index < -0.39 is 0 Å². The van der Waals surface area contributed by atoms with Crippen LogP contribution in [0, 0.1) is 6.07 Å². The quantitative estimate of drug-likeness (QED) is 0.573. The average Bonchev–Trinajstić information content (AvgIpc) is 2.38. The molecule has 0 saturated heterocycles. The van der Waals surface area contributed by atoms with Crippen LogP contribution in [0.3, 0.4) is 0 Å².